The van der Waals surface area contributed by atoms with Crippen LogP contribution in [-0.2, 0) is 0 Å². The molecule has 24 heavy (non-hydrogen) atoms. The van der Waals surface area contributed by atoms with Crippen molar-refractivity contribution in [1.29, 1.82) is 0 Å². The van der Waals surface area contributed by atoms with E-state index in [2.05, 4.69) is 19.1 Å². The summed E-state index contributed by atoms with van der Waals surface area (Å²) >= 11 is 0. The number of hydrogen-bond donors (Lipinski definition) is 0. The number of alkyl halides is 1. The first-order chi connectivity index (χ1) is 11.8. The van der Waals surface area contributed by atoms with Gasteiger partial charge in [-0.05, 0) is 68.6 Å². The lowest BCUT2D eigenvalue weighted by Crippen LogP contribution is -2.25. The Kier molecular flexibility index (Phi) is 10.1. The molecule has 0 N–H and O–H groups in total. The minimum absolute atomic E-state index is 0.201. The lowest BCUT2D eigenvalue weighted by Gasteiger charge is -2.37. The van der Waals surface area contributed by atoms with E-state index in [9.17, 15) is 4.39 Å². The zero-order chi connectivity index (χ0) is 17.0. The van der Waals surface area contributed by atoms with E-state index in [0.29, 0.717) is 6.42 Å². The van der Waals surface area contributed by atoms with Crippen molar-refractivity contribution in [2.45, 2.75) is 103 Å². The monoisotopic (exact) mass is 336 g/mol. The molecule has 0 radical (unpaired) electrons. The van der Waals surface area contributed by atoms with Crippen LogP contribution in [0.15, 0.2) is 12.2 Å². The van der Waals surface area contributed by atoms with Crippen molar-refractivity contribution in [2.24, 2.45) is 23.7 Å². The molecule has 0 spiro atoms. The highest BCUT2D eigenvalue weighted by atomic mass is 19.1. The molecule has 0 amide bonds. The van der Waals surface area contributed by atoms with Gasteiger partial charge in [-0.3, -0.25) is 4.39 Å². The Morgan fingerprint density at radius 2 is 1.42 bits per heavy atom. The van der Waals surface area contributed by atoms with Crippen molar-refractivity contribution in [3.05, 3.63) is 12.2 Å². The van der Waals surface area contributed by atoms with Gasteiger partial charge >= 0.3 is 0 Å². The Morgan fingerprint density at radius 3 is 2.04 bits per heavy atom. The lowest BCUT2D eigenvalue weighted by atomic mass is 9.68. The Bertz CT molecular complexity index is 319. The number of allylic oxidation sites excluding steroid dienone is 2. The average Bonchev–Trinajstić information content (AvgIpc) is 2.63. The molecule has 2 aliphatic rings. The van der Waals surface area contributed by atoms with E-state index >= 15 is 0 Å². The third kappa shape index (κ3) is 7.28. The molecule has 0 saturated heterocycles. The molecule has 0 aromatic carbocycles. The summed E-state index contributed by atoms with van der Waals surface area (Å²) in [6.45, 7) is 2.10. The van der Waals surface area contributed by atoms with Crippen molar-refractivity contribution in [2.75, 3.05) is 6.67 Å². The van der Waals surface area contributed by atoms with Gasteiger partial charge < -0.3 is 0 Å². The van der Waals surface area contributed by atoms with E-state index in [-0.39, 0.29) is 6.67 Å². The minimum atomic E-state index is -0.201. The summed E-state index contributed by atoms with van der Waals surface area (Å²) in [7, 11) is 0. The van der Waals surface area contributed by atoms with Crippen LogP contribution in [-0.4, -0.2) is 6.67 Å². The molecule has 0 unspecified atom stereocenters. The molecule has 0 atom stereocenters. The van der Waals surface area contributed by atoms with Gasteiger partial charge in [-0.15, -0.1) is 0 Å². The highest BCUT2D eigenvalue weighted by Crippen LogP contribution is 2.42. The van der Waals surface area contributed by atoms with Gasteiger partial charge in [0.2, 0.25) is 0 Å². The van der Waals surface area contributed by atoms with Crippen LogP contribution in [0.1, 0.15) is 103 Å². The maximum Gasteiger partial charge on any atom is 0.0928 e. The number of unbranched alkanes of at least 4 members (excludes halogenated alkanes) is 4. The molecule has 0 aromatic rings. The van der Waals surface area contributed by atoms with Crippen LogP contribution in [0.25, 0.3) is 0 Å². The Hall–Kier alpha value is -0.330. The maximum atomic E-state index is 12.2. The summed E-state index contributed by atoms with van der Waals surface area (Å²) in [6, 6.07) is 0. The molecule has 0 aliphatic heterocycles. The predicted molar refractivity (Wildman–Crippen MR) is 104 cm³/mol. The van der Waals surface area contributed by atoms with Crippen molar-refractivity contribution >= 4 is 0 Å². The third-order valence-electron chi connectivity index (χ3n) is 6.77. The molecule has 1 heteroatoms. The molecular formula is C23H41F. The van der Waals surface area contributed by atoms with E-state index in [1.165, 1.54) is 89.9 Å². The van der Waals surface area contributed by atoms with Crippen molar-refractivity contribution in [3.63, 3.8) is 0 Å². The van der Waals surface area contributed by atoms with Crippen molar-refractivity contribution in [3.8, 4) is 0 Å². The highest BCUT2D eigenvalue weighted by Gasteiger charge is 2.30. The summed E-state index contributed by atoms with van der Waals surface area (Å²) in [5.41, 5.74) is 0. The fraction of sp³-hybridized carbons (Fsp3) is 0.913. The second kappa shape index (κ2) is 12.1. The number of halogens is 1. The molecule has 140 valence electrons. The van der Waals surface area contributed by atoms with Gasteiger partial charge in [0.1, 0.15) is 0 Å². The zero-order valence-corrected chi connectivity index (χ0v) is 16.2. The standard InChI is InChI=1S/C23H41F/c1-2-3-4-5-6-9-20-11-15-22(16-12-20)23-17-13-21(14-18-23)10-7-8-19-24/h7,10,20-23H,2-6,8-9,11-19H2,1H3/b10-7+/t20?,21-,22?,23-. The molecular weight excluding hydrogens is 295 g/mol. The first kappa shape index (κ1) is 20.0. The zero-order valence-electron chi connectivity index (χ0n) is 16.2. The van der Waals surface area contributed by atoms with E-state index in [4.69, 9.17) is 0 Å². The first-order valence-corrected chi connectivity index (χ1v) is 11.1. The fourth-order valence-corrected chi connectivity index (χ4v) is 5.15. The first-order valence-electron chi connectivity index (χ1n) is 11.1. The minimum Gasteiger partial charge on any atom is -0.251 e. The summed E-state index contributed by atoms with van der Waals surface area (Å²) < 4.78 is 12.2. The number of rotatable bonds is 10. The van der Waals surface area contributed by atoms with E-state index < -0.39 is 0 Å². The smallest absolute Gasteiger partial charge is 0.0928 e. The van der Waals surface area contributed by atoms with Crippen molar-refractivity contribution in [1.82, 2.24) is 0 Å². The third-order valence-corrected chi connectivity index (χ3v) is 6.77. The topological polar surface area (TPSA) is 0 Å². The van der Waals surface area contributed by atoms with Gasteiger partial charge in [-0.2, -0.15) is 0 Å². The van der Waals surface area contributed by atoms with E-state index in [0.717, 1.165) is 23.7 Å². The second-order valence-corrected chi connectivity index (χ2v) is 8.56. The summed E-state index contributed by atoms with van der Waals surface area (Å²) in [5.74, 6) is 3.81. The Labute approximate surface area is 150 Å². The molecule has 0 bridgehead atoms. The quantitative estimate of drug-likeness (QED) is 0.281. The molecule has 2 rings (SSSR count). The van der Waals surface area contributed by atoms with Gasteiger partial charge in [-0.25, -0.2) is 0 Å². The highest BCUT2D eigenvalue weighted by molar-refractivity contribution is 4.92. The second-order valence-electron chi connectivity index (χ2n) is 8.56. The predicted octanol–water partition coefficient (Wildman–Crippen LogP) is 7.88. The van der Waals surface area contributed by atoms with Crippen LogP contribution in [0.5, 0.6) is 0 Å². The molecule has 0 nitrogen and oxygen atoms in total. The fourth-order valence-electron chi connectivity index (χ4n) is 5.15. The van der Waals surface area contributed by atoms with Crippen LogP contribution in [0, 0.1) is 23.7 Å². The van der Waals surface area contributed by atoms with Crippen LogP contribution in [0.4, 0.5) is 4.39 Å². The van der Waals surface area contributed by atoms with E-state index in [1.807, 2.05) is 0 Å². The SMILES string of the molecule is CCCCCCCC1CCC([C@H]2CC[C@H](/C=C/CCF)CC2)CC1. The summed E-state index contributed by atoms with van der Waals surface area (Å²) in [4.78, 5) is 0. The molecule has 0 heterocycles. The van der Waals surface area contributed by atoms with Gasteiger partial charge in [0.05, 0.1) is 6.67 Å². The van der Waals surface area contributed by atoms with Crippen molar-refractivity contribution < 1.29 is 4.39 Å². The average molecular weight is 337 g/mol. The van der Waals surface area contributed by atoms with Gasteiger partial charge in [-0.1, -0.05) is 70.4 Å². The van der Waals surface area contributed by atoms with Gasteiger partial charge in [0.15, 0.2) is 0 Å². The molecule has 2 saturated carbocycles. The molecule has 2 aliphatic carbocycles. The van der Waals surface area contributed by atoms with Crippen LogP contribution in [0.2, 0.25) is 0 Å². The van der Waals surface area contributed by atoms with Crippen LogP contribution >= 0.6 is 0 Å². The molecule has 2 fully saturated rings. The largest absolute Gasteiger partial charge is 0.251 e. The van der Waals surface area contributed by atoms with Crippen LogP contribution < -0.4 is 0 Å². The van der Waals surface area contributed by atoms with Gasteiger partial charge in [0, 0.05) is 0 Å². The normalized spacial score (nSPS) is 31.6. The summed E-state index contributed by atoms with van der Waals surface area (Å²) in [6.07, 6.45) is 25.3. The number of hydrogen-bond acceptors (Lipinski definition) is 0. The van der Waals surface area contributed by atoms with E-state index in [1.54, 1.807) is 0 Å². The van der Waals surface area contributed by atoms with Gasteiger partial charge in [0.25, 0.3) is 0 Å². The Balaban J connectivity index is 1.56. The summed E-state index contributed by atoms with van der Waals surface area (Å²) in [5, 5.41) is 0. The Morgan fingerprint density at radius 1 is 0.792 bits per heavy atom. The maximum absolute atomic E-state index is 12.2. The lowest BCUT2D eigenvalue weighted by molar-refractivity contribution is 0.151. The van der Waals surface area contributed by atoms with Crippen LogP contribution in [0.3, 0.4) is 0 Å². The molecule has 0 aromatic heterocycles.